The van der Waals surface area contributed by atoms with Crippen molar-refractivity contribution in [3.05, 3.63) is 29.8 Å². The molecule has 0 radical (unpaired) electrons. The van der Waals surface area contributed by atoms with Gasteiger partial charge >= 0.3 is 0 Å². The van der Waals surface area contributed by atoms with Crippen molar-refractivity contribution in [3.8, 4) is 0 Å². The summed E-state index contributed by atoms with van der Waals surface area (Å²) < 4.78 is 0. The molecule has 0 bridgehead atoms. The highest BCUT2D eigenvalue weighted by atomic mass is 16.1. The van der Waals surface area contributed by atoms with Gasteiger partial charge in [-0.3, -0.25) is 4.79 Å². The minimum Gasteiger partial charge on any atom is -0.326 e. The molecule has 0 heterocycles. The zero-order valence-corrected chi connectivity index (χ0v) is 11.8. The first-order valence-electron chi connectivity index (χ1n) is 6.52. The third-order valence-electron chi connectivity index (χ3n) is 3.13. The molecule has 0 aliphatic heterocycles. The van der Waals surface area contributed by atoms with Crippen LogP contribution in [0.1, 0.15) is 46.1 Å². The Bertz CT molecular complexity index is 407. The van der Waals surface area contributed by atoms with Gasteiger partial charge in [-0.05, 0) is 31.4 Å². The zero-order chi connectivity index (χ0) is 13.8. The number of nitrogens with one attached hydrogen (secondary N) is 1. The number of hydrogen-bond donors (Lipinski definition) is 2. The van der Waals surface area contributed by atoms with E-state index in [1.165, 1.54) is 0 Å². The number of carbonyl (C=O) groups is 1. The molecule has 1 amide bonds. The molecule has 100 valence electrons. The average Bonchev–Trinajstić information content (AvgIpc) is 2.27. The molecule has 0 saturated heterocycles. The van der Waals surface area contributed by atoms with Crippen molar-refractivity contribution in [2.24, 2.45) is 11.7 Å². The fourth-order valence-electron chi connectivity index (χ4n) is 1.82. The summed E-state index contributed by atoms with van der Waals surface area (Å²) >= 11 is 0. The molecule has 3 heteroatoms. The summed E-state index contributed by atoms with van der Waals surface area (Å²) in [4.78, 5) is 11.9. The maximum absolute atomic E-state index is 11.9. The van der Waals surface area contributed by atoms with Crippen molar-refractivity contribution in [1.82, 2.24) is 0 Å². The minimum atomic E-state index is -0.458. The van der Waals surface area contributed by atoms with E-state index >= 15 is 0 Å². The molecule has 1 rings (SSSR count). The second-order valence-electron chi connectivity index (χ2n) is 5.53. The van der Waals surface area contributed by atoms with E-state index in [1.807, 2.05) is 38.1 Å². The Balaban J connectivity index is 2.82. The first kappa shape index (κ1) is 14.7. The van der Waals surface area contributed by atoms with Crippen LogP contribution in [-0.4, -0.2) is 5.91 Å². The molecular formula is C15H24N2O. The molecule has 0 aliphatic rings. The van der Waals surface area contributed by atoms with Gasteiger partial charge < -0.3 is 11.1 Å². The Kier molecular flexibility index (Phi) is 4.91. The average molecular weight is 248 g/mol. The summed E-state index contributed by atoms with van der Waals surface area (Å²) in [5, 5.41) is 2.96. The summed E-state index contributed by atoms with van der Waals surface area (Å²) in [5.41, 5.74) is 7.43. The van der Waals surface area contributed by atoms with E-state index in [-0.39, 0.29) is 5.91 Å². The van der Waals surface area contributed by atoms with E-state index in [9.17, 15) is 4.79 Å². The molecule has 0 unspecified atom stereocenters. The molecule has 0 aliphatic carbocycles. The van der Waals surface area contributed by atoms with E-state index in [2.05, 4.69) is 19.2 Å². The normalized spacial score (nSPS) is 13.2. The molecule has 3 N–H and O–H groups in total. The number of carbonyl (C=O) groups excluding carboxylic acids is 1. The van der Waals surface area contributed by atoms with Gasteiger partial charge in [0.25, 0.3) is 0 Å². The van der Waals surface area contributed by atoms with E-state index in [4.69, 9.17) is 5.73 Å². The fourth-order valence-corrected chi connectivity index (χ4v) is 1.82. The highest BCUT2D eigenvalue weighted by Crippen LogP contribution is 2.25. The van der Waals surface area contributed by atoms with Gasteiger partial charge in [-0.2, -0.15) is 0 Å². The van der Waals surface area contributed by atoms with Gasteiger partial charge in [-0.1, -0.05) is 38.5 Å². The van der Waals surface area contributed by atoms with E-state index < -0.39 is 5.54 Å². The van der Waals surface area contributed by atoms with Crippen LogP contribution in [-0.2, 0) is 10.3 Å². The predicted octanol–water partition coefficient (Wildman–Crippen LogP) is 3.26. The van der Waals surface area contributed by atoms with Gasteiger partial charge in [-0.25, -0.2) is 0 Å². The van der Waals surface area contributed by atoms with E-state index in [0.717, 1.165) is 17.7 Å². The highest BCUT2D eigenvalue weighted by Gasteiger charge is 2.19. The summed E-state index contributed by atoms with van der Waals surface area (Å²) in [6.45, 7) is 8.05. The fraction of sp³-hybridized carbons (Fsp3) is 0.533. The van der Waals surface area contributed by atoms with Crippen LogP contribution in [0.3, 0.4) is 0 Å². The van der Waals surface area contributed by atoms with Crippen LogP contribution in [0.5, 0.6) is 0 Å². The molecule has 1 atom stereocenters. The number of nitrogens with two attached hydrogens (primary N) is 1. The number of para-hydroxylation sites is 1. The summed E-state index contributed by atoms with van der Waals surface area (Å²) in [5.74, 6) is 0.462. The molecule has 0 aromatic heterocycles. The Morgan fingerprint density at radius 1 is 1.39 bits per heavy atom. The topological polar surface area (TPSA) is 55.1 Å². The Labute approximate surface area is 110 Å². The van der Waals surface area contributed by atoms with Crippen LogP contribution in [0, 0.1) is 5.92 Å². The number of hydrogen-bond acceptors (Lipinski definition) is 2. The highest BCUT2D eigenvalue weighted by molar-refractivity contribution is 5.91. The lowest BCUT2D eigenvalue weighted by atomic mass is 9.93. The second kappa shape index (κ2) is 6.01. The third kappa shape index (κ3) is 4.15. The van der Waals surface area contributed by atoms with E-state index in [1.54, 1.807) is 0 Å². The van der Waals surface area contributed by atoms with Crippen LogP contribution in [0.4, 0.5) is 5.69 Å². The van der Waals surface area contributed by atoms with Crippen molar-refractivity contribution in [1.29, 1.82) is 0 Å². The number of anilines is 1. The maximum atomic E-state index is 11.9. The standard InChI is InChI=1S/C15H24N2O/c1-5-11(2)10-14(18)17-13-9-7-6-8-12(13)15(3,4)16/h6-9,11H,5,10,16H2,1-4H3,(H,17,18)/t11-/m0/s1. The third-order valence-corrected chi connectivity index (χ3v) is 3.13. The maximum Gasteiger partial charge on any atom is 0.224 e. The number of benzene rings is 1. The second-order valence-corrected chi connectivity index (χ2v) is 5.53. The molecule has 0 saturated carbocycles. The van der Waals surface area contributed by atoms with Crippen LogP contribution < -0.4 is 11.1 Å². The molecular weight excluding hydrogens is 224 g/mol. The lowest BCUT2D eigenvalue weighted by molar-refractivity contribution is -0.117. The first-order valence-corrected chi connectivity index (χ1v) is 6.52. The van der Waals surface area contributed by atoms with Crippen molar-refractivity contribution >= 4 is 11.6 Å². The molecule has 0 fully saturated rings. The Morgan fingerprint density at radius 2 is 2.00 bits per heavy atom. The zero-order valence-electron chi connectivity index (χ0n) is 11.8. The van der Waals surface area contributed by atoms with Gasteiger partial charge in [0.1, 0.15) is 0 Å². The van der Waals surface area contributed by atoms with Crippen molar-refractivity contribution in [2.45, 2.75) is 46.1 Å². The van der Waals surface area contributed by atoms with Crippen molar-refractivity contribution in [3.63, 3.8) is 0 Å². The number of amides is 1. The lowest BCUT2D eigenvalue weighted by Gasteiger charge is -2.23. The monoisotopic (exact) mass is 248 g/mol. The van der Waals surface area contributed by atoms with Gasteiger partial charge in [0.2, 0.25) is 5.91 Å². The molecule has 3 nitrogen and oxygen atoms in total. The number of rotatable bonds is 5. The predicted molar refractivity (Wildman–Crippen MR) is 76.4 cm³/mol. The van der Waals surface area contributed by atoms with Gasteiger partial charge in [-0.15, -0.1) is 0 Å². The summed E-state index contributed by atoms with van der Waals surface area (Å²) in [6.07, 6.45) is 1.56. The van der Waals surface area contributed by atoms with Crippen molar-refractivity contribution in [2.75, 3.05) is 5.32 Å². The van der Waals surface area contributed by atoms with Crippen LogP contribution in [0.25, 0.3) is 0 Å². The van der Waals surface area contributed by atoms with E-state index in [0.29, 0.717) is 12.3 Å². The molecule has 18 heavy (non-hydrogen) atoms. The Hall–Kier alpha value is -1.35. The quantitative estimate of drug-likeness (QED) is 0.840. The summed E-state index contributed by atoms with van der Waals surface area (Å²) in [7, 11) is 0. The summed E-state index contributed by atoms with van der Waals surface area (Å²) in [6, 6.07) is 7.71. The van der Waals surface area contributed by atoms with Gasteiger partial charge in [0.15, 0.2) is 0 Å². The van der Waals surface area contributed by atoms with Gasteiger partial charge in [0, 0.05) is 17.6 Å². The smallest absolute Gasteiger partial charge is 0.224 e. The van der Waals surface area contributed by atoms with Crippen LogP contribution in [0.15, 0.2) is 24.3 Å². The Morgan fingerprint density at radius 3 is 2.56 bits per heavy atom. The molecule has 1 aromatic carbocycles. The van der Waals surface area contributed by atoms with Gasteiger partial charge in [0.05, 0.1) is 0 Å². The SMILES string of the molecule is CC[C@H](C)CC(=O)Nc1ccccc1C(C)(C)N. The lowest BCUT2D eigenvalue weighted by Crippen LogP contribution is -2.30. The minimum absolute atomic E-state index is 0.0565. The largest absolute Gasteiger partial charge is 0.326 e. The van der Waals surface area contributed by atoms with Crippen LogP contribution in [0.2, 0.25) is 0 Å². The first-order chi connectivity index (χ1) is 8.34. The van der Waals surface area contributed by atoms with Crippen molar-refractivity contribution < 1.29 is 4.79 Å². The molecule has 1 aromatic rings. The van der Waals surface area contributed by atoms with Crippen LogP contribution >= 0.6 is 0 Å². The molecule has 0 spiro atoms.